The van der Waals surface area contributed by atoms with Crippen molar-refractivity contribution in [2.45, 2.75) is 26.7 Å². The standard InChI is InChI=1S/C25H27N5O3/c1-3-28-25(33)29-21-6-4-5-7-23(21)30(22-14-15-27-16-20(22)24(26)32)19-12-10-18(11-13-19)9-8-17(2)31/h4-7,10-16H,3,8-9H2,1-2H3,(H2,26,32)(H2,28,29,33). The Morgan fingerprint density at radius 3 is 2.39 bits per heavy atom. The first-order chi connectivity index (χ1) is 15.9. The fourth-order valence-electron chi connectivity index (χ4n) is 3.41. The monoisotopic (exact) mass is 445 g/mol. The molecule has 3 amide bonds. The van der Waals surface area contributed by atoms with E-state index < -0.39 is 5.91 Å². The maximum atomic E-state index is 12.3. The number of primary amides is 1. The Labute approximate surface area is 192 Å². The zero-order valence-corrected chi connectivity index (χ0v) is 18.7. The Hall–Kier alpha value is -4.20. The molecule has 1 aromatic heterocycles. The van der Waals surface area contributed by atoms with Crippen LogP contribution in [0.4, 0.5) is 27.5 Å². The topological polar surface area (TPSA) is 117 Å². The third-order valence-electron chi connectivity index (χ3n) is 5.00. The van der Waals surface area contributed by atoms with Gasteiger partial charge in [0.15, 0.2) is 0 Å². The quantitative estimate of drug-likeness (QED) is 0.454. The molecule has 8 nitrogen and oxygen atoms in total. The summed E-state index contributed by atoms with van der Waals surface area (Å²) in [6, 6.07) is 16.3. The van der Waals surface area contributed by atoms with Gasteiger partial charge in [0.1, 0.15) is 5.78 Å². The Morgan fingerprint density at radius 1 is 1.00 bits per heavy atom. The summed E-state index contributed by atoms with van der Waals surface area (Å²) in [6.07, 6.45) is 4.12. The van der Waals surface area contributed by atoms with Crippen LogP contribution in [0.15, 0.2) is 67.0 Å². The van der Waals surface area contributed by atoms with Crippen LogP contribution in [0.25, 0.3) is 0 Å². The molecule has 0 radical (unpaired) electrons. The van der Waals surface area contributed by atoms with E-state index in [2.05, 4.69) is 15.6 Å². The van der Waals surface area contributed by atoms with Crippen molar-refractivity contribution < 1.29 is 14.4 Å². The first-order valence-electron chi connectivity index (χ1n) is 10.7. The predicted octanol–water partition coefficient (Wildman–Crippen LogP) is 4.31. The maximum Gasteiger partial charge on any atom is 0.319 e. The Balaban J connectivity index is 2.12. The number of ketones is 1. The normalized spacial score (nSPS) is 10.4. The number of benzene rings is 2. The minimum atomic E-state index is -0.615. The molecule has 0 aliphatic heterocycles. The number of nitrogens with one attached hydrogen (secondary N) is 2. The van der Waals surface area contributed by atoms with E-state index in [1.807, 2.05) is 54.3 Å². The number of carbonyl (C=O) groups is 3. The van der Waals surface area contributed by atoms with Gasteiger partial charge in [0.25, 0.3) is 5.91 Å². The van der Waals surface area contributed by atoms with E-state index in [1.165, 1.54) is 6.20 Å². The average Bonchev–Trinajstić information content (AvgIpc) is 2.80. The summed E-state index contributed by atoms with van der Waals surface area (Å²) in [5.41, 5.74) is 9.38. The van der Waals surface area contributed by atoms with Crippen LogP contribution in [-0.4, -0.2) is 29.3 Å². The van der Waals surface area contributed by atoms with Crippen LogP contribution in [-0.2, 0) is 11.2 Å². The number of hydrogen-bond donors (Lipinski definition) is 3. The molecule has 4 N–H and O–H groups in total. The molecule has 2 aromatic carbocycles. The predicted molar refractivity (Wildman–Crippen MR) is 129 cm³/mol. The lowest BCUT2D eigenvalue weighted by Crippen LogP contribution is -2.29. The number of carbonyl (C=O) groups excluding carboxylic acids is 3. The lowest BCUT2D eigenvalue weighted by atomic mass is 10.1. The maximum absolute atomic E-state index is 12.3. The highest BCUT2D eigenvalue weighted by Crippen LogP contribution is 2.40. The molecule has 0 aliphatic carbocycles. The van der Waals surface area contributed by atoms with E-state index >= 15 is 0 Å². The minimum Gasteiger partial charge on any atom is -0.365 e. The van der Waals surface area contributed by atoms with Crippen LogP contribution in [0.3, 0.4) is 0 Å². The Bertz CT molecular complexity index is 1140. The van der Waals surface area contributed by atoms with Gasteiger partial charge in [-0.2, -0.15) is 0 Å². The summed E-state index contributed by atoms with van der Waals surface area (Å²) >= 11 is 0. The van der Waals surface area contributed by atoms with Gasteiger partial charge < -0.3 is 26.1 Å². The van der Waals surface area contributed by atoms with Crippen LogP contribution in [0, 0.1) is 0 Å². The number of aryl methyl sites for hydroxylation is 1. The molecule has 0 saturated heterocycles. The molecule has 3 aromatic rings. The third kappa shape index (κ3) is 5.94. The average molecular weight is 446 g/mol. The highest BCUT2D eigenvalue weighted by Gasteiger charge is 2.21. The van der Waals surface area contributed by atoms with Gasteiger partial charge in [-0.3, -0.25) is 9.78 Å². The number of amides is 3. The lowest BCUT2D eigenvalue weighted by molar-refractivity contribution is -0.116. The molecular weight excluding hydrogens is 418 g/mol. The summed E-state index contributed by atoms with van der Waals surface area (Å²) in [6.45, 7) is 3.89. The van der Waals surface area contributed by atoms with Gasteiger partial charge in [-0.15, -0.1) is 0 Å². The van der Waals surface area contributed by atoms with E-state index in [9.17, 15) is 14.4 Å². The molecule has 8 heteroatoms. The molecule has 3 rings (SSSR count). The summed E-state index contributed by atoms with van der Waals surface area (Å²) < 4.78 is 0. The van der Waals surface area contributed by atoms with Crippen molar-refractivity contribution in [2.75, 3.05) is 16.8 Å². The number of para-hydroxylation sites is 2. The highest BCUT2D eigenvalue weighted by atomic mass is 16.2. The van der Waals surface area contributed by atoms with Crippen LogP contribution in [0.1, 0.15) is 36.2 Å². The Morgan fingerprint density at radius 2 is 1.73 bits per heavy atom. The first-order valence-corrected chi connectivity index (χ1v) is 10.7. The zero-order valence-electron chi connectivity index (χ0n) is 18.7. The summed E-state index contributed by atoms with van der Waals surface area (Å²) in [5, 5.41) is 5.58. The number of nitrogens with two attached hydrogens (primary N) is 1. The molecule has 0 spiro atoms. The van der Waals surface area contributed by atoms with Crippen molar-refractivity contribution in [1.82, 2.24) is 10.3 Å². The molecule has 0 unspecified atom stereocenters. The van der Waals surface area contributed by atoms with Gasteiger partial charge in [-0.05, 0) is 56.2 Å². The number of rotatable bonds is 9. The molecular formula is C25H27N5O3. The number of Topliss-reactive ketones (excluding diaryl/α,β-unsaturated/α-hetero) is 1. The first kappa shape index (κ1) is 23.5. The van der Waals surface area contributed by atoms with Crippen LogP contribution in [0.2, 0.25) is 0 Å². The van der Waals surface area contributed by atoms with Crippen LogP contribution in [0.5, 0.6) is 0 Å². The molecule has 0 fully saturated rings. The van der Waals surface area contributed by atoms with E-state index in [4.69, 9.17) is 5.73 Å². The van der Waals surface area contributed by atoms with Gasteiger partial charge in [-0.1, -0.05) is 24.3 Å². The number of pyridine rings is 1. The van der Waals surface area contributed by atoms with Crippen LogP contribution >= 0.6 is 0 Å². The number of urea groups is 1. The highest BCUT2D eigenvalue weighted by molar-refractivity contribution is 6.02. The van der Waals surface area contributed by atoms with E-state index in [0.29, 0.717) is 36.4 Å². The summed E-state index contributed by atoms with van der Waals surface area (Å²) in [4.78, 5) is 41.7. The second-order valence-electron chi connectivity index (χ2n) is 7.46. The number of aromatic nitrogens is 1. The van der Waals surface area contributed by atoms with Crippen molar-refractivity contribution in [3.63, 3.8) is 0 Å². The number of nitrogens with zero attached hydrogens (tertiary/aromatic N) is 2. The molecule has 33 heavy (non-hydrogen) atoms. The van der Waals surface area contributed by atoms with Crippen molar-refractivity contribution in [2.24, 2.45) is 5.73 Å². The van der Waals surface area contributed by atoms with Crippen molar-refractivity contribution in [3.8, 4) is 0 Å². The van der Waals surface area contributed by atoms with Gasteiger partial charge in [-0.25, -0.2) is 4.79 Å². The molecule has 0 bridgehead atoms. The van der Waals surface area contributed by atoms with Gasteiger partial charge in [0.05, 0.1) is 22.6 Å². The summed E-state index contributed by atoms with van der Waals surface area (Å²) in [5.74, 6) is -0.482. The molecule has 170 valence electrons. The van der Waals surface area contributed by atoms with Gasteiger partial charge in [0, 0.05) is 31.0 Å². The second-order valence-corrected chi connectivity index (χ2v) is 7.46. The van der Waals surface area contributed by atoms with Crippen LogP contribution < -0.4 is 21.3 Å². The van der Waals surface area contributed by atoms with Crippen molar-refractivity contribution >= 4 is 40.5 Å². The fourth-order valence-corrected chi connectivity index (χ4v) is 3.41. The molecule has 0 atom stereocenters. The van der Waals surface area contributed by atoms with Crippen molar-refractivity contribution in [1.29, 1.82) is 0 Å². The second kappa shape index (κ2) is 10.9. The zero-order chi connectivity index (χ0) is 23.8. The van der Waals surface area contributed by atoms with E-state index in [1.54, 1.807) is 25.3 Å². The fraction of sp³-hybridized carbons (Fsp3) is 0.200. The molecule has 0 aliphatic rings. The summed E-state index contributed by atoms with van der Waals surface area (Å²) in [7, 11) is 0. The molecule has 1 heterocycles. The lowest BCUT2D eigenvalue weighted by Gasteiger charge is -2.29. The molecule has 0 saturated carbocycles. The SMILES string of the molecule is CCNC(=O)Nc1ccccc1N(c1ccc(CCC(C)=O)cc1)c1ccncc1C(N)=O. The van der Waals surface area contributed by atoms with Gasteiger partial charge >= 0.3 is 6.03 Å². The number of hydrogen-bond acceptors (Lipinski definition) is 5. The van der Waals surface area contributed by atoms with E-state index in [0.717, 1.165) is 11.3 Å². The van der Waals surface area contributed by atoms with Crippen molar-refractivity contribution in [3.05, 3.63) is 78.1 Å². The number of anilines is 4. The Kier molecular flexibility index (Phi) is 7.75. The van der Waals surface area contributed by atoms with Gasteiger partial charge in [0.2, 0.25) is 0 Å². The smallest absolute Gasteiger partial charge is 0.319 e. The largest absolute Gasteiger partial charge is 0.365 e. The third-order valence-corrected chi connectivity index (χ3v) is 5.00. The van der Waals surface area contributed by atoms with E-state index in [-0.39, 0.29) is 17.4 Å². The minimum absolute atomic E-state index is 0.133.